The Morgan fingerprint density at radius 2 is 1.90 bits per heavy atom. The Labute approximate surface area is 143 Å². The van der Waals surface area contributed by atoms with Crippen LogP contribution >= 0.6 is 50.1 Å². The number of benzene rings is 2. The van der Waals surface area contributed by atoms with Gasteiger partial charge in [-0.25, -0.2) is 4.79 Å². The lowest BCUT2D eigenvalue weighted by Crippen LogP contribution is -2.09. The lowest BCUT2D eigenvalue weighted by Gasteiger charge is -2.08. The fourth-order valence-electron chi connectivity index (χ4n) is 1.51. The maximum atomic E-state index is 12.1. The highest BCUT2D eigenvalue weighted by atomic mass is 127. The van der Waals surface area contributed by atoms with Gasteiger partial charge in [0.2, 0.25) is 0 Å². The Hall–Kier alpha value is -0.790. The van der Waals surface area contributed by atoms with Gasteiger partial charge in [-0.1, -0.05) is 11.6 Å². The molecule has 0 aromatic heterocycles. The van der Waals surface area contributed by atoms with E-state index in [-0.39, 0.29) is 0 Å². The van der Waals surface area contributed by atoms with E-state index < -0.39 is 5.97 Å². The third-order valence-electron chi connectivity index (χ3n) is 2.48. The van der Waals surface area contributed by atoms with Gasteiger partial charge in [0.05, 0.1) is 20.7 Å². The maximum Gasteiger partial charge on any atom is 0.343 e. The van der Waals surface area contributed by atoms with Crippen molar-refractivity contribution in [2.45, 2.75) is 0 Å². The third kappa shape index (κ3) is 3.65. The van der Waals surface area contributed by atoms with Crippen molar-refractivity contribution in [1.29, 1.82) is 0 Å². The van der Waals surface area contributed by atoms with Crippen LogP contribution in [0.4, 0.5) is 0 Å². The van der Waals surface area contributed by atoms with E-state index >= 15 is 0 Å². The number of rotatable bonds is 3. The number of methoxy groups -OCH3 is 1. The molecule has 0 saturated carbocycles. The van der Waals surface area contributed by atoms with Crippen LogP contribution in [0.3, 0.4) is 0 Å². The van der Waals surface area contributed by atoms with Gasteiger partial charge >= 0.3 is 5.97 Å². The number of hydrogen-bond donors (Lipinski definition) is 0. The summed E-state index contributed by atoms with van der Waals surface area (Å²) in [7, 11) is 1.58. The zero-order valence-corrected chi connectivity index (χ0v) is 14.8. The van der Waals surface area contributed by atoms with Crippen LogP contribution in [0, 0.1) is 3.57 Å². The zero-order valence-electron chi connectivity index (χ0n) is 10.3. The van der Waals surface area contributed by atoms with E-state index in [9.17, 15) is 4.79 Å². The van der Waals surface area contributed by atoms with Gasteiger partial charge in [-0.3, -0.25) is 0 Å². The number of hydrogen-bond acceptors (Lipinski definition) is 3. The molecule has 0 N–H and O–H groups in total. The van der Waals surface area contributed by atoms with Crippen LogP contribution in [0.1, 0.15) is 10.4 Å². The van der Waals surface area contributed by atoms with E-state index in [4.69, 9.17) is 21.1 Å². The van der Waals surface area contributed by atoms with Crippen molar-refractivity contribution in [2.24, 2.45) is 0 Å². The number of carbonyl (C=O) groups is 1. The molecule has 104 valence electrons. The lowest BCUT2D eigenvalue weighted by atomic mass is 10.2. The zero-order chi connectivity index (χ0) is 14.7. The first-order valence-electron chi connectivity index (χ1n) is 5.52. The number of carbonyl (C=O) groups excluding carboxylic acids is 1. The summed E-state index contributed by atoms with van der Waals surface area (Å²) in [6.07, 6.45) is 0. The van der Waals surface area contributed by atoms with Crippen molar-refractivity contribution < 1.29 is 14.3 Å². The largest absolute Gasteiger partial charge is 0.496 e. The Morgan fingerprint density at radius 1 is 1.20 bits per heavy atom. The summed E-state index contributed by atoms with van der Waals surface area (Å²) in [5, 5.41) is 0.565. The van der Waals surface area contributed by atoms with Gasteiger partial charge in [0.1, 0.15) is 11.5 Å². The van der Waals surface area contributed by atoms with Gasteiger partial charge in [0.25, 0.3) is 0 Å². The summed E-state index contributed by atoms with van der Waals surface area (Å²) >= 11 is 11.2. The summed E-state index contributed by atoms with van der Waals surface area (Å²) < 4.78 is 11.9. The van der Waals surface area contributed by atoms with E-state index in [0.29, 0.717) is 20.8 Å². The smallest absolute Gasteiger partial charge is 0.343 e. The molecule has 3 nitrogen and oxygen atoms in total. The van der Waals surface area contributed by atoms with Crippen molar-refractivity contribution in [1.82, 2.24) is 0 Å². The molecule has 2 aromatic carbocycles. The molecular weight excluding hydrogens is 458 g/mol. The monoisotopic (exact) mass is 466 g/mol. The minimum atomic E-state index is -0.436. The van der Waals surface area contributed by atoms with Crippen molar-refractivity contribution in [3.63, 3.8) is 0 Å². The predicted octanol–water partition coefficient (Wildman–Crippen LogP) is 4.93. The summed E-state index contributed by atoms with van der Waals surface area (Å²) in [5.41, 5.74) is 0.456. The quantitative estimate of drug-likeness (QED) is 0.365. The second kappa shape index (κ2) is 6.78. The minimum Gasteiger partial charge on any atom is -0.496 e. The van der Waals surface area contributed by atoms with Crippen LogP contribution in [0.2, 0.25) is 5.02 Å². The lowest BCUT2D eigenvalue weighted by molar-refractivity contribution is 0.0733. The molecule has 2 aromatic rings. The molecule has 0 spiro atoms. The molecule has 0 radical (unpaired) electrons. The SMILES string of the molecule is COc1ccc(C(=O)Oc2ccc(Cl)cc2Br)cc1I. The molecule has 0 unspecified atom stereocenters. The minimum absolute atomic E-state index is 0.422. The first kappa shape index (κ1) is 15.6. The van der Waals surface area contributed by atoms with Gasteiger partial charge in [0, 0.05) is 5.02 Å². The number of halogens is 3. The van der Waals surface area contributed by atoms with Gasteiger partial charge in [-0.05, 0) is 74.9 Å². The molecule has 0 atom stereocenters. The van der Waals surface area contributed by atoms with E-state index in [0.717, 1.165) is 9.32 Å². The van der Waals surface area contributed by atoms with Crippen LogP contribution < -0.4 is 9.47 Å². The highest BCUT2D eigenvalue weighted by molar-refractivity contribution is 14.1. The molecular formula is C14H9BrClIO3. The summed E-state index contributed by atoms with van der Waals surface area (Å²) in [6, 6.07) is 10.1. The first-order chi connectivity index (χ1) is 9.51. The van der Waals surface area contributed by atoms with Crippen molar-refractivity contribution in [3.05, 3.63) is 55.0 Å². The molecule has 0 aliphatic heterocycles. The summed E-state index contributed by atoms with van der Waals surface area (Å²) in [5.74, 6) is 0.702. The predicted molar refractivity (Wildman–Crippen MR) is 89.8 cm³/mol. The average Bonchev–Trinajstić information content (AvgIpc) is 2.41. The Bertz CT molecular complexity index is 661. The van der Waals surface area contributed by atoms with Crippen LogP contribution in [0.25, 0.3) is 0 Å². The molecule has 20 heavy (non-hydrogen) atoms. The second-order valence-electron chi connectivity index (χ2n) is 3.81. The molecule has 0 amide bonds. The van der Waals surface area contributed by atoms with Crippen LogP contribution in [-0.2, 0) is 0 Å². The van der Waals surface area contributed by atoms with Crippen LogP contribution in [0.5, 0.6) is 11.5 Å². The van der Waals surface area contributed by atoms with Crippen LogP contribution in [0.15, 0.2) is 40.9 Å². The standard InChI is InChI=1S/C14H9BrClIO3/c1-19-13-4-2-8(6-11(13)17)14(18)20-12-5-3-9(16)7-10(12)15/h2-7H,1H3. The van der Waals surface area contributed by atoms with E-state index in [1.165, 1.54) is 0 Å². The average molecular weight is 467 g/mol. The molecule has 0 aliphatic rings. The second-order valence-corrected chi connectivity index (χ2v) is 6.27. The molecule has 0 heterocycles. The number of ether oxygens (including phenoxy) is 2. The molecule has 0 bridgehead atoms. The van der Waals surface area contributed by atoms with Gasteiger partial charge in [-0.15, -0.1) is 0 Å². The van der Waals surface area contributed by atoms with Gasteiger partial charge in [-0.2, -0.15) is 0 Å². The van der Waals surface area contributed by atoms with Crippen molar-refractivity contribution in [2.75, 3.05) is 7.11 Å². The van der Waals surface area contributed by atoms with E-state index in [2.05, 4.69) is 38.5 Å². The van der Waals surface area contributed by atoms with Gasteiger partial charge < -0.3 is 9.47 Å². The third-order valence-corrected chi connectivity index (χ3v) is 4.18. The summed E-state index contributed by atoms with van der Waals surface area (Å²) in [6.45, 7) is 0. The van der Waals surface area contributed by atoms with E-state index in [1.807, 2.05) is 0 Å². The van der Waals surface area contributed by atoms with E-state index in [1.54, 1.807) is 43.5 Å². The number of esters is 1. The fraction of sp³-hybridized carbons (Fsp3) is 0.0714. The topological polar surface area (TPSA) is 35.5 Å². The first-order valence-corrected chi connectivity index (χ1v) is 7.77. The Morgan fingerprint density at radius 3 is 2.50 bits per heavy atom. The maximum absolute atomic E-state index is 12.1. The van der Waals surface area contributed by atoms with Crippen LogP contribution in [-0.4, -0.2) is 13.1 Å². The Balaban J connectivity index is 2.21. The molecule has 0 fully saturated rings. The van der Waals surface area contributed by atoms with Crippen molar-refractivity contribution in [3.8, 4) is 11.5 Å². The molecule has 2 rings (SSSR count). The summed E-state index contributed by atoms with van der Waals surface area (Å²) in [4.78, 5) is 12.1. The highest BCUT2D eigenvalue weighted by Gasteiger charge is 2.13. The molecule has 0 aliphatic carbocycles. The molecule has 0 saturated heterocycles. The van der Waals surface area contributed by atoms with Gasteiger partial charge in [0.15, 0.2) is 0 Å². The normalized spacial score (nSPS) is 10.2. The Kier molecular flexibility index (Phi) is 5.29. The highest BCUT2D eigenvalue weighted by Crippen LogP contribution is 2.29. The fourth-order valence-corrected chi connectivity index (χ4v) is 3.01. The molecule has 6 heteroatoms. The van der Waals surface area contributed by atoms with Crippen molar-refractivity contribution >= 4 is 56.1 Å².